The Hall–Kier alpha value is -3.81. The highest BCUT2D eigenvalue weighted by molar-refractivity contribution is 6.05. The largest absolute Gasteiger partial charge is 0.497 e. The van der Waals surface area contributed by atoms with E-state index in [0.717, 1.165) is 11.3 Å². The van der Waals surface area contributed by atoms with Gasteiger partial charge in [0.05, 0.1) is 25.0 Å². The molecular formula is C22H21N3O5. The predicted molar refractivity (Wildman–Crippen MR) is 110 cm³/mol. The molecule has 0 radical (unpaired) electrons. The minimum atomic E-state index is -0.266. The molecule has 0 bridgehead atoms. The molecule has 1 aliphatic heterocycles. The Morgan fingerprint density at radius 1 is 1.20 bits per heavy atom. The van der Waals surface area contributed by atoms with E-state index in [1.807, 2.05) is 13.8 Å². The predicted octanol–water partition coefficient (Wildman–Crippen LogP) is 3.48. The summed E-state index contributed by atoms with van der Waals surface area (Å²) >= 11 is 0. The maximum atomic E-state index is 12.6. The Labute approximate surface area is 173 Å². The van der Waals surface area contributed by atoms with Gasteiger partial charge in [-0.3, -0.25) is 9.59 Å². The van der Waals surface area contributed by atoms with Crippen molar-refractivity contribution in [3.05, 3.63) is 65.0 Å². The summed E-state index contributed by atoms with van der Waals surface area (Å²) in [5, 5.41) is 6.81. The molecule has 0 atom stereocenters. The lowest BCUT2D eigenvalue weighted by molar-refractivity contribution is -0.121. The molecule has 30 heavy (non-hydrogen) atoms. The van der Waals surface area contributed by atoms with Gasteiger partial charge < -0.3 is 24.2 Å². The molecule has 0 fully saturated rings. The van der Waals surface area contributed by atoms with Crippen molar-refractivity contribution in [3.63, 3.8) is 0 Å². The molecule has 8 heteroatoms. The lowest BCUT2D eigenvalue weighted by Crippen LogP contribution is -2.38. The van der Waals surface area contributed by atoms with Gasteiger partial charge in [0.15, 0.2) is 6.61 Å². The van der Waals surface area contributed by atoms with Crippen LogP contribution in [0.2, 0.25) is 0 Å². The molecule has 4 rings (SSSR count). The molecule has 2 aromatic carbocycles. The second-order valence-corrected chi connectivity index (χ2v) is 6.94. The first-order chi connectivity index (χ1) is 14.5. The number of benzene rings is 2. The summed E-state index contributed by atoms with van der Waals surface area (Å²) < 4.78 is 15.9. The van der Waals surface area contributed by atoms with Crippen LogP contribution >= 0.6 is 0 Å². The van der Waals surface area contributed by atoms with Crippen LogP contribution < -0.4 is 19.7 Å². The van der Waals surface area contributed by atoms with Crippen LogP contribution in [-0.4, -0.2) is 30.7 Å². The number of amides is 2. The van der Waals surface area contributed by atoms with Gasteiger partial charge in [-0.1, -0.05) is 5.16 Å². The van der Waals surface area contributed by atoms with Crippen molar-refractivity contribution in [2.24, 2.45) is 0 Å². The number of nitrogens with zero attached hydrogens (tertiary/aromatic N) is 2. The van der Waals surface area contributed by atoms with Crippen LogP contribution in [0, 0.1) is 13.8 Å². The Morgan fingerprint density at radius 3 is 2.63 bits per heavy atom. The topological polar surface area (TPSA) is 93.9 Å². The Morgan fingerprint density at radius 2 is 1.97 bits per heavy atom. The van der Waals surface area contributed by atoms with Crippen LogP contribution in [0.25, 0.3) is 0 Å². The Kier molecular flexibility index (Phi) is 5.14. The smallest absolute Gasteiger partial charge is 0.265 e. The second kappa shape index (κ2) is 7.90. The van der Waals surface area contributed by atoms with Crippen LogP contribution in [-0.2, 0) is 11.3 Å². The Bertz CT molecular complexity index is 1080. The van der Waals surface area contributed by atoms with Crippen molar-refractivity contribution in [3.8, 4) is 11.5 Å². The summed E-state index contributed by atoms with van der Waals surface area (Å²) in [6.45, 7) is 3.91. The van der Waals surface area contributed by atoms with E-state index in [1.165, 1.54) is 0 Å². The summed E-state index contributed by atoms with van der Waals surface area (Å²) in [5.74, 6) is 1.46. The van der Waals surface area contributed by atoms with Gasteiger partial charge in [0.1, 0.15) is 17.3 Å². The molecule has 2 amide bonds. The third-order valence-electron chi connectivity index (χ3n) is 5.01. The average molecular weight is 407 g/mol. The number of carbonyl (C=O) groups excluding carboxylic acids is 2. The van der Waals surface area contributed by atoms with Crippen molar-refractivity contribution >= 4 is 23.2 Å². The highest BCUT2D eigenvalue weighted by Gasteiger charge is 2.28. The van der Waals surface area contributed by atoms with Crippen molar-refractivity contribution in [2.75, 3.05) is 23.9 Å². The number of fused-ring (bicyclic) bond motifs is 1. The minimum Gasteiger partial charge on any atom is -0.497 e. The van der Waals surface area contributed by atoms with Gasteiger partial charge >= 0.3 is 0 Å². The normalized spacial score (nSPS) is 12.9. The zero-order chi connectivity index (χ0) is 21.3. The number of rotatable bonds is 5. The van der Waals surface area contributed by atoms with Crippen LogP contribution in [0.3, 0.4) is 0 Å². The van der Waals surface area contributed by atoms with E-state index >= 15 is 0 Å². The summed E-state index contributed by atoms with van der Waals surface area (Å²) in [6, 6.07) is 12.0. The fraction of sp³-hybridized carbons (Fsp3) is 0.227. The van der Waals surface area contributed by atoms with E-state index in [9.17, 15) is 9.59 Å². The number of hydrogen-bond donors (Lipinski definition) is 1. The van der Waals surface area contributed by atoms with E-state index in [1.54, 1.807) is 54.5 Å². The monoisotopic (exact) mass is 407 g/mol. The van der Waals surface area contributed by atoms with Crippen LogP contribution in [0.15, 0.2) is 47.0 Å². The van der Waals surface area contributed by atoms with Crippen LogP contribution in [0.5, 0.6) is 11.5 Å². The molecule has 1 aliphatic rings. The first kappa shape index (κ1) is 19.5. The molecule has 1 aromatic heterocycles. The molecule has 8 nitrogen and oxygen atoms in total. The Balaban J connectivity index is 1.59. The summed E-state index contributed by atoms with van der Waals surface area (Å²) in [4.78, 5) is 26.8. The molecule has 0 unspecified atom stereocenters. The fourth-order valence-electron chi connectivity index (χ4n) is 3.28. The van der Waals surface area contributed by atoms with Gasteiger partial charge in [-0.2, -0.15) is 0 Å². The molecule has 154 valence electrons. The summed E-state index contributed by atoms with van der Waals surface area (Å²) in [5.41, 5.74) is 3.21. The number of methoxy groups -OCH3 is 1. The molecule has 0 saturated heterocycles. The molecule has 0 spiro atoms. The fourth-order valence-corrected chi connectivity index (χ4v) is 3.28. The van der Waals surface area contributed by atoms with Gasteiger partial charge in [0, 0.05) is 16.8 Å². The van der Waals surface area contributed by atoms with Crippen molar-refractivity contribution in [1.29, 1.82) is 0 Å². The van der Waals surface area contributed by atoms with Gasteiger partial charge in [-0.15, -0.1) is 0 Å². The molecule has 1 N–H and O–H groups in total. The molecule has 0 aliphatic carbocycles. The molecule has 0 saturated carbocycles. The van der Waals surface area contributed by atoms with Gasteiger partial charge in [0.2, 0.25) is 0 Å². The van der Waals surface area contributed by atoms with E-state index in [-0.39, 0.29) is 18.4 Å². The zero-order valence-corrected chi connectivity index (χ0v) is 16.9. The highest BCUT2D eigenvalue weighted by atomic mass is 16.5. The van der Waals surface area contributed by atoms with E-state index < -0.39 is 0 Å². The minimum absolute atomic E-state index is 0.0477. The second-order valence-electron chi connectivity index (χ2n) is 6.94. The van der Waals surface area contributed by atoms with Gasteiger partial charge in [-0.05, 0) is 56.3 Å². The first-order valence-electron chi connectivity index (χ1n) is 9.40. The number of aryl methyl sites for hydroxylation is 2. The quantitative estimate of drug-likeness (QED) is 0.696. The number of nitrogens with one attached hydrogen (secondary N) is 1. The van der Waals surface area contributed by atoms with Crippen molar-refractivity contribution in [2.45, 2.75) is 20.4 Å². The van der Waals surface area contributed by atoms with E-state index in [0.29, 0.717) is 40.7 Å². The van der Waals surface area contributed by atoms with E-state index in [2.05, 4.69) is 10.5 Å². The third-order valence-corrected chi connectivity index (χ3v) is 5.01. The standard InChI is InChI=1S/C22H21N3O5/c1-13-18(14(2)30-24-13)11-25-19-10-16(6-9-20(19)29-12-21(25)26)23-22(27)15-4-7-17(28-3)8-5-15/h4-10H,11-12H2,1-3H3,(H,23,27). The van der Waals surface area contributed by atoms with Gasteiger partial charge in [0.25, 0.3) is 11.8 Å². The first-order valence-corrected chi connectivity index (χ1v) is 9.40. The number of carbonyl (C=O) groups is 2. The number of anilines is 2. The number of ether oxygens (including phenoxy) is 2. The SMILES string of the molecule is COc1ccc(C(=O)Nc2ccc3c(c2)N(Cc2c(C)noc2C)C(=O)CO3)cc1. The van der Waals surface area contributed by atoms with Gasteiger partial charge in [-0.25, -0.2) is 0 Å². The molecule has 3 aromatic rings. The summed E-state index contributed by atoms with van der Waals surface area (Å²) in [6.07, 6.45) is 0. The van der Waals surface area contributed by atoms with Crippen LogP contribution in [0.4, 0.5) is 11.4 Å². The maximum Gasteiger partial charge on any atom is 0.265 e. The number of aromatic nitrogens is 1. The molecule has 2 heterocycles. The van der Waals surface area contributed by atoms with Crippen molar-refractivity contribution in [1.82, 2.24) is 5.16 Å². The molecular weight excluding hydrogens is 386 g/mol. The lowest BCUT2D eigenvalue weighted by atomic mass is 10.1. The lowest BCUT2D eigenvalue weighted by Gasteiger charge is -2.29. The third kappa shape index (κ3) is 3.71. The maximum absolute atomic E-state index is 12.6. The van der Waals surface area contributed by atoms with Crippen molar-refractivity contribution < 1.29 is 23.6 Å². The highest BCUT2D eigenvalue weighted by Crippen LogP contribution is 2.36. The van der Waals surface area contributed by atoms with E-state index in [4.69, 9.17) is 14.0 Å². The average Bonchev–Trinajstić information content (AvgIpc) is 3.07. The summed E-state index contributed by atoms with van der Waals surface area (Å²) in [7, 11) is 1.57. The number of hydrogen-bond acceptors (Lipinski definition) is 6. The van der Waals surface area contributed by atoms with Crippen LogP contribution in [0.1, 0.15) is 27.4 Å². The zero-order valence-electron chi connectivity index (χ0n) is 16.9.